The molecule has 0 fully saturated rings. The Morgan fingerprint density at radius 1 is 1.08 bits per heavy atom. The predicted octanol–water partition coefficient (Wildman–Crippen LogP) is 3.77. The molecule has 0 spiro atoms. The number of amides is 1. The highest BCUT2D eigenvalue weighted by atomic mass is 32.2. The first-order valence-corrected chi connectivity index (χ1v) is 9.18. The molecule has 2 aromatic rings. The lowest BCUT2D eigenvalue weighted by atomic mass is 9.99. The lowest BCUT2D eigenvalue weighted by molar-refractivity contribution is -0.119. The van der Waals surface area contributed by atoms with Crippen LogP contribution in [0.15, 0.2) is 48.5 Å². The van der Waals surface area contributed by atoms with Crippen molar-refractivity contribution in [1.82, 2.24) is 0 Å². The molecule has 1 atom stereocenters. The first kappa shape index (κ1) is 19.7. The summed E-state index contributed by atoms with van der Waals surface area (Å²) in [6.07, 6.45) is 0.505. The summed E-state index contributed by atoms with van der Waals surface area (Å²) in [5, 5.41) is 12.0. The lowest BCUT2D eigenvalue weighted by Crippen LogP contribution is -2.27. The number of carboxylic acid groups (broad SMARTS) is 1. The molecule has 5 nitrogen and oxygen atoms in total. The molecule has 0 aromatic heterocycles. The maximum Gasteiger partial charge on any atom is 0.336 e. The second kappa shape index (κ2) is 9.20. The minimum absolute atomic E-state index is 0.0417. The van der Waals surface area contributed by atoms with E-state index in [0.717, 1.165) is 17.3 Å². The van der Waals surface area contributed by atoms with Crippen LogP contribution in [0.5, 0.6) is 0 Å². The second-order valence-corrected chi connectivity index (χ2v) is 7.16. The van der Waals surface area contributed by atoms with Crippen LogP contribution in [0.2, 0.25) is 0 Å². The number of hydrogen-bond acceptors (Lipinski definition) is 4. The van der Waals surface area contributed by atoms with Crippen LogP contribution < -0.4 is 5.32 Å². The van der Waals surface area contributed by atoms with Gasteiger partial charge < -0.3 is 10.4 Å². The van der Waals surface area contributed by atoms with E-state index < -0.39 is 11.9 Å². The van der Waals surface area contributed by atoms with Crippen molar-refractivity contribution in [1.29, 1.82) is 0 Å². The fraction of sp³-hybridized carbons (Fsp3) is 0.250. The van der Waals surface area contributed by atoms with E-state index in [1.807, 2.05) is 30.3 Å². The summed E-state index contributed by atoms with van der Waals surface area (Å²) >= 11 is 1.12. The second-order valence-electron chi connectivity index (χ2n) is 5.96. The fourth-order valence-electron chi connectivity index (χ4n) is 2.58. The van der Waals surface area contributed by atoms with E-state index in [-0.39, 0.29) is 16.6 Å². The van der Waals surface area contributed by atoms with Crippen LogP contribution in [0.1, 0.15) is 28.4 Å². The molecule has 0 aliphatic carbocycles. The van der Waals surface area contributed by atoms with Crippen molar-refractivity contribution in [2.45, 2.75) is 20.3 Å². The van der Waals surface area contributed by atoms with E-state index in [0.29, 0.717) is 23.4 Å². The molecule has 0 aliphatic rings. The van der Waals surface area contributed by atoms with Crippen LogP contribution >= 0.6 is 11.8 Å². The Bertz CT molecular complexity index is 805. The number of carboxylic acids is 1. The van der Waals surface area contributed by atoms with E-state index in [4.69, 9.17) is 0 Å². The van der Waals surface area contributed by atoms with Gasteiger partial charge in [-0.1, -0.05) is 48.2 Å². The van der Waals surface area contributed by atoms with Crippen LogP contribution in [-0.4, -0.2) is 27.9 Å². The first-order chi connectivity index (χ1) is 12.4. The van der Waals surface area contributed by atoms with Gasteiger partial charge in [0.25, 0.3) is 0 Å². The summed E-state index contributed by atoms with van der Waals surface area (Å²) in [5.74, 6) is -1.30. The third-order valence-electron chi connectivity index (χ3n) is 4.01. The summed E-state index contributed by atoms with van der Waals surface area (Å²) in [4.78, 5) is 35.4. The van der Waals surface area contributed by atoms with Gasteiger partial charge in [-0.15, -0.1) is 0 Å². The van der Waals surface area contributed by atoms with Crippen molar-refractivity contribution in [2.24, 2.45) is 5.92 Å². The highest BCUT2D eigenvalue weighted by Crippen LogP contribution is 2.22. The van der Waals surface area contributed by atoms with Gasteiger partial charge in [0.15, 0.2) is 5.12 Å². The van der Waals surface area contributed by atoms with Crippen LogP contribution in [0.3, 0.4) is 0 Å². The molecule has 0 heterocycles. The van der Waals surface area contributed by atoms with Gasteiger partial charge in [0.1, 0.15) is 0 Å². The zero-order valence-electron chi connectivity index (χ0n) is 14.7. The monoisotopic (exact) mass is 371 g/mol. The van der Waals surface area contributed by atoms with E-state index in [1.54, 1.807) is 19.1 Å². The predicted molar refractivity (Wildman–Crippen MR) is 104 cm³/mol. The number of anilines is 1. The number of nitrogens with one attached hydrogen (secondary N) is 1. The maximum atomic E-state index is 12.8. The van der Waals surface area contributed by atoms with Gasteiger partial charge in [0.2, 0.25) is 5.91 Å². The average molecular weight is 371 g/mol. The zero-order chi connectivity index (χ0) is 19.1. The zero-order valence-corrected chi connectivity index (χ0v) is 15.5. The molecule has 0 saturated carbocycles. The van der Waals surface area contributed by atoms with Gasteiger partial charge >= 0.3 is 5.97 Å². The van der Waals surface area contributed by atoms with E-state index in [1.165, 1.54) is 13.0 Å². The topological polar surface area (TPSA) is 83.5 Å². The van der Waals surface area contributed by atoms with Crippen molar-refractivity contribution in [3.05, 3.63) is 65.2 Å². The highest BCUT2D eigenvalue weighted by molar-refractivity contribution is 8.13. The quantitative estimate of drug-likeness (QED) is 0.774. The normalized spacial score (nSPS) is 11.6. The summed E-state index contributed by atoms with van der Waals surface area (Å²) < 4.78 is 0. The molecule has 0 aliphatic heterocycles. The van der Waals surface area contributed by atoms with Crippen LogP contribution in [0, 0.1) is 12.8 Å². The van der Waals surface area contributed by atoms with Gasteiger partial charge in [-0.3, -0.25) is 9.59 Å². The third-order valence-corrected chi connectivity index (χ3v) is 4.98. The molecule has 0 radical (unpaired) electrons. The Hall–Kier alpha value is -2.60. The molecule has 136 valence electrons. The van der Waals surface area contributed by atoms with Gasteiger partial charge in [0, 0.05) is 18.4 Å². The van der Waals surface area contributed by atoms with Crippen LogP contribution in [0.4, 0.5) is 5.69 Å². The van der Waals surface area contributed by atoms with Crippen molar-refractivity contribution in [3.63, 3.8) is 0 Å². The molecular weight excluding hydrogens is 350 g/mol. The molecule has 2 rings (SSSR count). The lowest BCUT2D eigenvalue weighted by Gasteiger charge is -2.18. The third kappa shape index (κ3) is 5.46. The molecule has 6 heteroatoms. The standard InChI is InChI=1S/C20H21NO4S/c1-13-17(20(24)25)9-6-10-18(13)21-19(23)16(12-26-14(2)22)11-15-7-4-3-5-8-15/h3-10,16H,11-12H2,1-2H3,(H,21,23)(H,24,25). The Morgan fingerprint density at radius 2 is 1.77 bits per heavy atom. The van der Waals surface area contributed by atoms with E-state index >= 15 is 0 Å². The minimum atomic E-state index is -1.04. The van der Waals surface area contributed by atoms with Crippen molar-refractivity contribution in [3.8, 4) is 0 Å². The smallest absolute Gasteiger partial charge is 0.336 e. The number of thioether (sulfide) groups is 1. The molecular formula is C20H21NO4S. The number of benzene rings is 2. The van der Waals surface area contributed by atoms with Gasteiger partial charge in [-0.05, 0) is 36.6 Å². The highest BCUT2D eigenvalue weighted by Gasteiger charge is 2.21. The van der Waals surface area contributed by atoms with Crippen LogP contribution in [0.25, 0.3) is 0 Å². The largest absolute Gasteiger partial charge is 0.478 e. The average Bonchev–Trinajstić information content (AvgIpc) is 2.60. The molecule has 2 N–H and O–H groups in total. The molecule has 0 saturated heterocycles. The summed E-state index contributed by atoms with van der Waals surface area (Å²) in [6, 6.07) is 14.4. The SMILES string of the molecule is CC(=O)SCC(Cc1ccccc1)C(=O)Nc1cccc(C(=O)O)c1C. The number of carbonyl (C=O) groups excluding carboxylic acids is 2. The van der Waals surface area contributed by atoms with Crippen LogP contribution in [-0.2, 0) is 16.0 Å². The molecule has 1 unspecified atom stereocenters. The fourth-order valence-corrected chi connectivity index (χ4v) is 3.29. The molecule has 0 bridgehead atoms. The Labute approximate surface area is 156 Å². The maximum absolute atomic E-state index is 12.8. The van der Waals surface area contributed by atoms with Gasteiger partial charge in [0.05, 0.1) is 11.5 Å². The first-order valence-electron chi connectivity index (χ1n) is 8.19. The van der Waals surface area contributed by atoms with E-state index in [9.17, 15) is 19.5 Å². The molecule has 2 aromatic carbocycles. The minimum Gasteiger partial charge on any atom is -0.478 e. The Morgan fingerprint density at radius 3 is 2.38 bits per heavy atom. The number of aromatic carboxylic acids is 1. The molecule has 1 amide bonds. The number of hydrogen-bond donors (Lipinski definition) is 2. The van der Waals surface area contributed by atoms with E-state index in [2.05, 4.69) is 5.32 Å². The van der Waals surface area contributed by atoms with Gasteiger partial charge in [-0.25, -0.2) is 4.79 Å². The Kier molecular flexibility index (Phi) is 6.97. The number of rotatable bonds is 7. The summed E-state index contributed by atoms with van der Waals surface area (Å²) in [5.41, 5.74) is 2.14. The Balaban J connectivity index is 2.19. The van der Waals surface area contributed by atoms with Crippen molar-refractivity contribution >= 4 is 34.4 Å². The van der Waals surface area contributed by atoms with Crippen molar-refractivity contribution < 1.29 is 19.5 Å². The van der Waals surface area contributed by atoms with Crippen molar-refractivity contribution in [2.75, 3.05) is 11.1 Å². The van der Waals surface area contributed by atoms with Gasteiger partial charge in [-0.2, -0.15) is 0 Å². The molecule has 26 heavy (non-hydrogen) atoms. The summed E-state index contributed by atoms with van der Waals surface area (Å²) in [7, 11) is 0. The number of carbonyl (C=O) groups is 3. The summed E-state index contributed by atoms with van der Waals surface area (Å²) in [6.45, 7) is 3.14.